The van der Waals surface area contributed by atoms with Gasteiger partial charge in [-0.05, 0) is 39.8 Å². The van der Waals surface area contributed by atoms with Gasteiger partial charge < -0.3 is 15.3 Å². The second kappa shape index (κ2) is 4.64. The molecule has 0 aromatic heterocycles. The number of carbonyl (C=O) groups excluding carboxylic acids is 1. The van der Waals surface area contributed by atoms with E-state index < -0.39 is 16.9 Å². The summed E-state index contributed by atoms with van der Waals surface area (Å²) in [6.45, 7) is 6.65. The minimum atomic E-state index is -1.16. The molecule has 0 aromatic carbocycles. The van der Waals surface area contributed by atoms with Crippen LogP contribution >= 0.6 is 0 Å². The van der Waals surface area contributed by atoms with E-state index in [1.54, 1.807) is 20.9 Å². The first-order valence-electron chi connectivity index (χ1n) is 5.94. The van der Waals surface area contributed by atoms with Gasteiger partial charge in [0.2, 0.25) is 5.91 Å². The second-order valence-electron chi connectivity index (χ2n) is 5.54. The molecule has 1 aliphatic rings. The Kier molecular flexibility index (Phi) is 3.81. The van der Waals surface area contributed by atoms with Crippen LogP contribution in [-0.4, -0.2) is 47.6 Å². The standard InChI is InChI=1S/C12H22N2O3/c1-11(2,10(16)17)14(4)9(15)12(3)5-7-13-8-6-12/h13H,5-8H2,1-4H3,(H,16,17). The van der Waals surface area contributed by atoms with E-state index in [0.29, 0.717) is 0 Å². The minimum Gasteiger partial charge on any atom is -0.480 e. The average molecular weight is 242 g/mol. The Morgan fingerprint density at radius 1 is 1.29 bits per heavy atom. The number of hydrogen-bond acceptors (Lipinski definition) is 3. The van der Waals surface area contributed by atoms with Crippen LogP contribution in [0.25, 0.3) is 0 Å². The summed E-state index contributed by atoms with van der Waals surface area (Å²) in [5, 5.41) is 12.3. The van der Waals surface area contributed by atoms with Gasteiger partial charge in [0.05, 0.1) is 0 Å². The third-order valence-electron chi connectivity index (χ3n) is 3.89. The molecular formula is C12H22N2O3. The molecule has 5 nitrogen and oxygen atoms in total. The quantitative estimate of drug-likeness (QED) is 0.764. The van der Waals surface area contributed by atoms with Crippen LogP contribution in [0.5, 0.6) is 0 Å². The Labute approximate surface area is 102 Å². The van der Waals surface area contributed by atoms with Crippen molar-refractivity contribution >= 4 is 11.9 Å². The molecule has 98 valence electrons. The molecule has 0 atom stereocenters. The highest BCUT2D eigenvalue weighted by molar-refractivity contribution is 5.89. The van der Waals surface area contributed by atoms with E-state index in [4.69, 9.17) is 5.11 Å². The molecule has 1 aliphatic heterocycles. The number of hydrogen-bond donors (Lipinski definition) is 2. The normalized spacial score (nSPS) is 19.8. The summed E-state index contributed by atoms with van der Waals surface area (Å²) < 4.78 is 0. The van der Waals surface area contributed by atoms with Crippen LogP contribution < -0.4 is 5.32 Å². The summed E-state index contributed by atoms with van der Waals surface area (Å²) in [7, 11) is 1.57. The van der Waals surface area contributed by atoms with Crippen LogP contribution in [0.2, 0.25) is 0 Å². The zero-order valence-electron chi connectivity index (χ0n) is 11.0. The van der Waals surface area contributed by atoms with E-state index in [-0.39, 0.29) is 5.91 Å². The monoisotopic (exact) mass is 242 g/mol. The highest BCUT2D eigenvalue weighted by Crippen LogP contribution is 2.32. The number of carbonyl (C=O) groups is 2. The van der Waals surface area contributed by atoms with Crippen molar-refractivity contribution in [3.8, 4) is 0 Å². The van der Waals surface area contributed by atoms with Crippen LogP contribution in [-0.2, 0) is 9.59 Å². The van der Waals surface area contributed by atoms with Gasteiger partial charge in [0, 0.05) is 12.5 Å². The summed E-state index contributed by atoms with van der Waals surface area (Å²) in [5.41, 5.74) is -1.60. The fourth-order valence-electron chi connectivity index (χ4n) is 1.99. The predicted molar refractivity (Wildman–Crippen MR) is 64.7 cm³/mol. The summed E-state index contributed by atoms with van der Waals surface area (Å²) in [4.78, 5) is 24.9. The van der Waals surface area contributed by atoms with E-state index in [1.807, 2.05) is 6.92 Å². The number of amides is 1. The van der Waals surface area contributed by atoms with Gasteiger partial charge in [-0.25, -0.2) is 4.79 Å². The maximum Gasteiger partial charge on any atom is 0.329 e. The summed E-state index contributed by atoms with van der Waals surface area (Å²) >= 11 is 0. The lowest BCUT2D eigenvalue weighted by atomic mass is 9.79. The Morgan fingerprint density at radius 2 is 1.76 bits per heavy atom. The maximum atomic E-state index is 12.4. The van der Waals surface area contributed by atoms with E-state index >= 15 is 0 Å². The van der Waals surface area contributed by atoms with E-state index in [2.05, 4.69) is 5.32 Å². The topological polar surface area (TPSA) is 69.6 Å². The first-order valence-corrected chi connectivity index (χ1v) is 5.94. The van der Waals surface area contributed by atoms with Crippen LogP contribution in [0.4, 0.5) is 0 Å². The number of carboxylic acids is 1. The zero-order valence-corrected chi connectivity index (χ0v) is 11.0. The Bertz CT molecular complexity index is 320. The lowest BCUT2D eigenvalue weighted by Gasteiger charge is -2.40. The van der Waals surface area contributed by atoms with Crippen molar-refractivity contribution < 1.29 is 14.7 Å². The highest BCUT2D eigenvalue weighted by atomic mass is 16.4. The molecule has 0 bridgehead atoms. The molecule has 17 heavy (non-hydrogen) atoms. The van der Waals surface area contributed by atoms with Gasteiger partial charge in [0.15, 0.2) is 0 Å². The third-order valence-corrected chi connectivity index (χ3v) is 3.89. The van der Waals surface area contributed by atoms with Gasteiger partial charge in [-0.1, -0.05) is 6.92 Å². The van der Waals surface area contributed by atoms with Gasteiger partial charge >= 0.3 is 5.97 Å². The lowest BCUT2D eigenvalue weighted by Crippen LogP contribution is -2.56. The minimum absolute atomic E-state index is 0.0774. The van der Waals surface area contributed by atoms with Crippen molar-refractivity contribution in [2.75, 3.05) is 20.1 Å². The SMILES string of the molecule is CN(C(=O)C1(C)CCNCC1)C(C)(C)C(=O)O. The van der Waals surface area contributed by atoms with Crippen LogP contribution in [0.1, 0.15) is 33.6 Å². The van der Waals surface area contributed by atoms with Gasteiger partial charge in [0.25, 0.3) is 0 Å². The second-order valence-corrected chi connectivity index (χ2v) is 5.54. The number of carboxylic acid groups (broad SMARTS) is 1. The molecule has 1 fully saturated rings. The molecular weight excluding hydrogens is 220 g/mol. The van der Waals surface area contributed by atoms with Gasteiger partial charge in [-0.15, -0.1) is 0 Å². The zero-order chi connectivity index (χ0) is 13.3. The van der Waals surface area contributed by atoms with Crippen molar-refractivity contribution in [3.63, 3.8) is 0 Å². The first-order chi connectivity index (χ1) is 7.72. The summed E-state index contributed by atoms with van der Waals surface area (Å²) in [5.74, 6) is -1.06. The maximum absolute atomic E-state index is 12.4. The van der Waals surface area contributed by atoms with E-state index in [0.717, 1.165) is 25.9 Å². The van der Waals surface area contributed by atoms with Gasteiger partial charge in [-0.3, -0.25) is 4.79 Å². The number of nitrogens with one attached hydrogen (secondary N) is 1. The predicted octanol–water partition coefficient (Wildman–Crippen LogP) is 0.698. The molecule has 0 radical (unpaired) electrons. The van der Waals surface area contributed by atoms with Crippen molar-refractivity contribution in [2.24, 2.45) is 5.41 Å². The Balaban J connectivity index is 2.85. The molecule has 0 aromatic rings. The number of nitrogens with zero attached hydrogens (tertiary/aromatic N) is 1. The van der Waals surface area contributed by atoms with Crippen molar-refractivity contribution in [1.29, 1.82) is 0 Å². The Hall–Kier alpha value is -1.10. The molecule has 2 N–H and O–H groups in total. The molecule has 1 rings (SSSR count). The van der Waals surface area contributed by atoms with Crippen molar-refractivity contribution in [2.45, 2.75) is 39.2 Å². The molecule has 0 aliphatic carbocycles. The third kappa shape index (κ3) is 2.60. The number of piperidine rings is 1. The number of aliphatic carboxylic acids is 1. The van der Waals surface area contributed by atoms with E-state index in [9.17, 15) is 9.59 Å². The van der Waals surface area contributed by atoms with Gasteiger partial charge in [0.1, 0.15) is 5.54 Å². The smallest absolute Gasteiger partial charge is 0.329 e. The molecule has 0 spiro atoms. The van der Waals surface area contributed by atoms with Crippen molar-refractivity contribution in [3.05, 3.63) is 0 Å². The number of rotatable bonds is 3. The fourth-order valence-corrected chi connectivity index (χ4v) is 1.99. The van der Waals surface area contributed by atoms with Gasteiger partial charge in [-0.2, -0.15) is 0 Å². The van der Waals surface area contributed by atoms with Crippen LogP contribution in [0.15, 0.2) is 0 Å². The highest BCUT2D eigenvalue weighted by Gasteiger charge is 2.43. The molecule has 1 saturated heterocycles. The molecule has 0 saturated carbocycles. The Morgan fingerprint density at radius 3 is 2.18 bits per heavy atom. The largest absolute Gasteiger partial charge is 0.480 e. The van der Waals surface area contributed by atoms with Crippen molar-refractivity contribution in [1.82, 2.24) is 10.2 Å². The average Bonchev–Trinajstić information content (AvgIpc) is 2.27. The number of likely N-dealkylation sites (N-methyl/N-ethyl adjacent to an activating group) is 1. The van der Waals surface area contributed by atoms with Crippen LogP contribution in [0.3, 0.4) is 0 Å². The first kappa shape index (κ1) is 14.0. The summed E-state index contributed by atoms with van der Waals surface area (Å²) in [6, 6.07) is 0. The molecule has 1 amide bonds. The van der Waals surface area contributed by atoms with E-state index in [1.165, 1.54) is 4.90 Å². The fraction of sp³-hybridized carbons (Fsp3) is 0.833. The molecule has 1 heterocycles. The molecule has 5 heteroatoms. The molecule has 0 unspecified atom stereocenters. The van der Waals surface area contributed by atoms with Crippen LogP contribution in [0, 0.1) is 5.41 Å². The summed E-state index contributed by atoms with van der Waals surface area (Å²) in [6.07, 6.45) is 1.51. The lowest BCUT2D eigenvalue weighted by molar-refractivity contribution is -0.160.